The molecule has 0 unspecified atom stereocenters. The number of ether oxygens (including phenoxy) is 1. The van der Waals surface area contributed by atoms with E-state index < -0.39 is 12.1 Å². The van der Waals surface area contributed by atoms with Crippen molar-refractivity contribution in [2.24, 2.45) is 4.99 Å². The van der Waals surface area contributed by atoms with E-state index in [1.165, 1.54) is 5.56 Å². The number of fused-ring (bicyclic) bond motifs is 1. The summed E-state index contributed by atoms with van der Waals surface area (Å²) in [6.45, 7) is 3.50. The molecule has 0 bridgehead atoms. The molecule has 9 heteroatoms. The van der Waals surface area contributed by atoms with E-state index in [1.807, 2.05) is 54.2 Å². The molecule has 1 saturated heterocycles. The summed E-state index contributed by atoms with van der Waals surface area (Å²) in [6.07, 6.45) is 9.60. The summed E-state index contributed by atoms with van der Waals surface area (Å²) in [6, 6.07) is 16.3. The third-order valence-corrected chi connectivity index (χ3v) is 7.23. The lowest BCUT2D eigenvalue weighted by atomic mass is 9.81. The van der Waals surface area contributed by atoms with Gasteiger partial charge in [0.05, 0.1) is 24.5 Å². The Bertz CT molecular complexity index is 1440. The molecule has 0 atom stereocenters. The number of pyridine rings is 2. The van der Waals surface area contributed by atoms with Gasteiger partial charge in [0.15, 0.2) is 0 Å². The summed E-state index contributed by atoms with van der Waals surface area (Å²) < 4.78 is 7.62. The number of piperidine rings is 1. The predicted molar refractivity (Wildman–Crippen MR) is 153 cm³/mol. The minimum absolute atomic E-state index is 0.338. The lowest BCUT2D eigenvalue weighted by molar-refractivity contribution is -0.126. The second-order valence-corrected chi connectivity index (χ2v) is 9.84. The number of aliphatic hydroxyl groups excluding tert-OH is 1. The van der Waals surface area contributed by atoms with Gasteiger partial charge in [0, 0.05) is 54.8 Å². The number of rotatable bonds is 9. The third kappa shape index (κ3) is 5.78. The van der Waals surface area contributed by atoms with E-state index in [9.17, 15) is 9.90 Å². The summed E-state index contributed by atoms with van der Waals surface area (Å²) in [7, 11) is 1.75. The number of amides is 1. The summed E-state index contributed by atoms with van der Waals surface area (Å²) in [4.78, 5) is 23.5. The number of aliphatic hydroxyl groups is 1. The Kier molecular flexibility index (Phi) is 7.88. The smallest absolute Gasteiger partial charge is 0.246 e. The summed E-state index contributed by atoms with van der Waals surface area (Å²) in [5.74, 6) is 1.29. The Morgan fingerprint density at radius 2 is 1.97 bits per heavy atom. The van der Waals surface area contributed by atoms with Gasteiger partial charge >= 0.3 is 0 Å². The number of nitrogens with zero attached hydrogens (tertiary/aromatic N) is 5. The molecular weight excluding hydrogens is 492 g/mol. The van der Waals surface area contributed by atoms with Crippen LogP contribution < -0.4 is 15.0 Å². The van der Waals surface area contributed by atoms with Crippen LogP contribution in [0.1, 0.15) is 30.9 Å². The van der Waals surface area contributed by atoms with Crippen molar-refractivity contribution < 1.29 is 14.6 Å². The topological polar surface area (TPSA) is 104 Å². The van der Waals surface area contributed by atoms with Crippen LogP contribution >= 0.6 is 0 Å². The number of carbonyl (C=O) groups excluding carboxylic acids is 1. The third-order valence-electron chi connectivity index (χ3n) is 7.23. The second kappa shape index (κ2) is 11.7. The van der Waals surface area contributed by atoms with Gasteiger partial charge in [-0.15, -0.1) is 0 Å². The molecule has 1 aromatic carbocycles. The van der Waals surface area contributed by atoms with Gasteiger partial charge in [-0.25, -0.2) is 9.50 Å². The maximum Gasteiger partial charge on any atom is 0.246 e. The quantitative estimate of drug-likeness (QED) is 0.324. The van der Waals surface area contributed by atoms with Gasteiger partial charge in [-0.3, -0.25) is 9.79 Å². The van der Waals surface area contributed by atoms with Crippen LogP contribution in [-0.4, -0.2) is 70.7 Å². The van der Waals surface area contributed by atoms with E-state index in [-0.39, 0.29) is 5.91 Å². The first-order valence-corrected chi connectivity index (χ1v) is 13.3. The fraction of sp³-hybridized carbons (Fsp3) is 0.333. The average molecular weight is 527 g/mol. The molecule has 1 aliphatic rings. The van der Waals surface area contributed by atoms with Crippen molar-refractivity contribution in [3.05, 3.63) is 78.2 Å². The minimum Gasteiger partial charge on any atom is -0.492 e. The lowest BCUT2D eigenvalue weighted by Crippen LogP contribution is -2.57. The number of hydrogen-bond acceptors (Lipinski definition) is 7. The van der Waals surface area contributed by atoms with Crippen molar-refractivity contribution in [2.75, 3.05) is 38.3 Å². The number of hydrogen-bond donors (Lipinski definition) is 2. The van der Waals surface area contributed by atoms with Crippen LogP contribution in [-0.2, 0) is 11.2 Å². The minimum atomic E-state index is -0.510. The molecule has 0 saturated carbocycles. The lowest BCUT2D eigenvalue weighted by Gasteiger charge is -2.43. The first-order chi connectivity index (χ1) is 19.0. The molecular formula is C30H34N6O3. The zero-order chi connectivity index (χ0) is 27.2. The van der Waals surface area contributed by atoms with Crippen LogP contribution in [0, 0.1) is 0 Å². The monoisotopic (exact) mass is 526 g/mol. The summed E-state index contributed by atoms with van der Waals surface area (Å²) in [5, 5.41) is 17.0. The van der Waals surface area contributed by atoms with Crippen LogP contribution in [0.3, 0.4) is 0 Å². The molecule has 1 aliphatic heterocycles. The van der Waals surface area contributed by atoms with Crippen molar-refractivity contribution >= 4 is 23.5 Å². The van der Waals surface area contributed by atoms with E-state index in [0.717, 1.165) is 66.1 Å². The van der Waals surface area contributed by atoms with Gasteiger partial charge in [-0.2, -0.15) is 5.10 Å². The number of benzene rings is 1. The largest absolute Gasteiger partial charge is 0.492 e. The molecule has 1 fully saturated rings. The Labute approximate surface area is 228 Å². The number of carbonyl (C=O) groups is 1. The second-order valence-electron chi connectivity index (χ2n) is 9.84. The van der Waals surface area contributed by atoms with Crippen LogP contribution in [0.4, 0.5) is 5.82 Å². The highest BCUT2D eigenvalue weighted by Gasteiger charge is 2.36. The SMILES string of the molecule is CCOc1cc(-c2ccc(N3CCC(Cc4ccccc4)(NC(=O)CO)CC3)nc2)c2c(C=NC)cnn2c1. The predicted octanol–water partition coefficient (Wildman–Crippen LogP) is 3.53. The molecule has 39 heavy (non-hydrogen) atoms. The standard InChI is InChI=1S/C30H34N6O3/c1-3-39-25-15-26(29-24(17-31-2)19-33-36(29)20-25)23-9-10-27(32-18-23)35-13-11-30(12-14-35,34-28(38)21-37)16-22-7-5-4-6-8-22/h4-10,15,17-20,37H,3,11-14,16,21H2,1-2H3,(H,34,38). The Morgan fingerprint density at radius 1 is 1.18 bits per heavy atom. The summed E-state index contributed by atoms with van der Waals surface area (Å²) >= 11 is 0. The van der Waals surface area contributed by atoms with Crippen molar-refractivity contribution in [3.63, 3.8) is 0 Å². The molecule has 4 aromatic rings. The van der Waals surface area contributed by atoms with E-state index in [4.69, 9.17) is 9.72 Å². The molecule has 5 rings (SSSR count). The maximum absolute atomic E-state index is 12.2. The van der Waals surface area contributed by atoms with Crippen LogP contribution in [0.25, 0.3) is 16.6 Å². The average Bonchev–Trinajstić information content (AvgIpc) is 3.36. The highest BCUT2D eigenvalue weighted by atomic mass is 16.5. The fourth-order valence-electron chi connectivity index (χ4n) is 5.38. The first-order valence-electron chi connectivity index (χ1n) is 13.3. The van der Waals surface area contributed by atoms with E-state index in [2.05, 4.69) is 38.5 Å². The number of nitrogens with one attached hydrogen (secondary N) is 1. The molecule has 1 amide bonds. The maximum atomic E-state index is 12.2. The highest BCUT2D eigenvalue weighted by Crippen LogP contribution is 2.33. The van der Waals surface area contributed by atoms with Crippen molar-refractivity contribution in [1.29, 1.82) is 0 Å². The normalized spacial score (nSPS) is 15.1. The van der Waals surface area contributed by atoms with Gasteiger partial charge < -0.3 is 20.1 Å². The number of aliphatic imine (C=N–C) groups is 1. The van der Waals surface area contributed by atoms with Gasteiger partial charge in [-0.1, -0.05) is 30.3 Å². The molecule has 0 aliphatic carbocycles. The Hall–Kier alpha value is -4.24. The van der Waals surface area contributed by atoms with E-state index in [1.54, 1.807) is 19.5 Å². The van der Waals surface area contributed by atoms with E-state index in [0.29, 0.717) is 6.61 Å². The fourth-order valence-corrected chi connectivity index (χ4v) is 5.38. The molecule has 0 radical (unpaired) electrons. The molecule has 3 aromatic heterocycles. The van der Waals surface area contributed by atoms with Gasteiger partial charge in [-0.05, 0) is 49.9 Å². The Balaban J connectivity index is 1.38. The van der Waals surface area contributed by atoms with Crippen molar-refractivity contribution in [1.82, 2.24) is 19.9 Å². The molecule has 202 valence electrons. The molecule has 2 N–H and O–H groups in total. The van der Waals surface area contributed by atoms with Gasteiger partial charge in [0.2, 0.25) is 5.91 Å². The van der Waals surface area contributed by atoms with Gasteiger partial charge in [0.25, 0.3) is 0 Å². The van der Waals surface area contributed by atoms with Crippen LogP contribution in [0.2, 0.25) is 0 Å². The molecule has 4 heterocycles. The molecule has 0 spiro atoms. The van der Waals surface area contributed by atoms with Crippen LogP contribution in [0.15, 0.2) is 72.1 Å². The zero-order valence-electron chi connectivity index (χ0n) is 22.4. The van der Waals surface area contributed by atoms with Gasteiger partial charge in [0.1, 0.15) is 18.2 Å². The first kappa shape index (κ1) is 26.4. The zero-order valence-corrected chi connectivity index (χ0v) is 22.4. The molecule has 9 nitrogen and oxygen atoms in total. The highest BCUT2D eigenvalue weighted by molar-refractivity contribution is 5.96. The number of anilines is 1. The van der Waals surface area contributed by atoms with Crippen LogP contribution in [0.5, 0.6) is 5.75 Å². The number of aromatic nitrogens is 3. The van der Waals surface area contributed by atoms with Crippen molar-refractivity contribution in [3.8, 4) is 16.9 Å². The Morgan fingerprint density at radius 3 is 2.64 bits per heavy atom. The summed E-state index contributed by atoms with van der Waals surface area (Å²) in [5.41, 5.74) is 4.57. The van der Waals surface area contributed by atoms with Crippen molar-refractivity contribution in [2.45, 2.75) is 31.7 Å². The van der Waals surface area contributed by atoms with E-state index >= 15 is 0 Å².